The summed E-state index contributed by atoms with van der Waals surface area (Å²) in [4.78, 5) is 25.3. The van der Waals surface area contributed by atoms with Gasteiger partial charge in [-0.25, -0.2) is 9.59 Å². The summed E-state index contributed by atoms with van der Waals surface area (Å²) in [6, 6.07) is 6.95. The number of nitrogens with one attached hydrogen (secondary N) is 1. The molecule has 0 spiro atoms. The number of benzene rings is 1. The second-order valence-electron chi connectivity index (χ2n) is 5.64. The maximum absolute atomic E-state index is 12.2. The highest BCUT2D eigenvalue weighted by atomic mass is 16.6. The molecule has 2 amide bonds. The van der Waals surface area contributed by atoms with E-state index < -0.39 is 6.09 Å². The van der Waals surface area contributed by atoms with E-state index in [9.17, 15) is 9.59 Å². The molecule has 1 fully saturated rings. The summed E-state index contributed by atoms with van der Waals surface area (Å²) in [5.41, 5.74) is 0.522. The van der Waals surface area contributed by atoms with Gasteiger partial charge in [-0.2, -0.15) is 0 Å². The van der Waals surface area contributed by atoms with Gasteiger partial charge in [0.25, 0.3) is 0 Å². The summed E-state index contributed by atoms with van der Waals surface area (Å²) in [5, 5.41) is 2.58. The molecule has 0 unspecified atom stereocenters. The zero-order chi connectivity index (χ0) is 16.7. The minimum Gasteiger partial charge on any atom is -0.450 e. The maximum Gasteiger partial charge on any atom is 0.415 e. The molecule has 6 nitrogen and oxygen atoms in total. The summed E-state index contributed by atoms with van der Waals surface area (Å²) < 4.78 is 10.2. The molecule has 1 aromatic rings. The Kier molecular flexibility index (Phi) is 6.26. The van der Waals surface area contributed by atoms with Crippen LogP contribution in [0.4, 0.5) is 15.3 Å². The Morgan fingerprint density at radius 1 is 1.26 bits per heavy atom. The molecule has 0 aromatic heterocycles. The fourth-order valence-electron chi connectivity index (χ4n) is 2.71. The molecule has 0 bridgehead atoms. The van der Waals surface area contributed by atoms with Crippen molar-refractivity contribution in [3.63, 3.8) is 0 Å². The zero-order valence-electron chi connectivity index (χ0n) is 13.7. The third kappa shape index (κ3) is 5.16. The van der Waals surface area contributed by atoms with E-state index >= 15 is 0 Å². The van der Waals surface area contributed by atoms with E-state index in [1.54, 1.807) is 43.1 Å². The van der Waals surface area contributed by atoms with E-state index in [4.69, 9.17) is 9.47 Å². The number of hydrogen-bond acceptors (Lipinski definition) is 4. The average Bonchev–Trinajstić information content (AvgIpc) is 2.55. The number of ether oxygens (including phenoxy) is 2. The van der Waals surface area contributed by atoms with Crippen molar-refractivity contribution in [2.24, 2.45) is 0 Å². The minimum absolute atomic E-state index is 0.247. The highest BCUT2D eigenvalue weighted by Crippen LogP contribution is 2.23. The van der Waals surface area contributed by atoms with Gasteiger partial charge >= 0.3 is 12.2 Å². The Bertz CT molecular complexity index is 541. The van der Waals surface area contributed by atoms with Gasteiger partial charge in [0, 0.05) is 24.8 Å². The lowest BCUT2D eigenvalue weighted by molar-refractivity contribution is 0.133. The van der Waals surface area contributed by atoms with Gasteiger partial charge in [0.15, 0.2) is 0 Å². The van der Waals surface area contributed by atoms with E-state index in [1.165, 1.54) is 6.42 Å². The summed E-state index contributed by atoms with van der Waals surface area (Å²) in [6.45, 7) is 2.03. The molecule has 2 rings (SSSR count). The Labute approximate surface area is 136 Å². The highest BCUT2D eigenvalue weighted by molar-refractivity contribution is 5.85. The number of carbonyl (C=O) groups excluding carboxylic acids is 2. The molecule has 1 N–H and O–H groups in total. The first-order chi connectivity index (χ1) is 11.1. The third-order valence-electron chi connectivity index (χ3n) is 3.97. The number of hydrogen-bond donors (Lipinski definition) is 1. The van der Waals surface area contributed by atoms with Crippen LogP contribution in [-0.2, 0) is 4.74 Å². The van der Waals surface area contributed by atoms with Crippen molar-refractivity contribution in [2.45, 2.75) is 45.1 Å². The second kappa shape index (κ2) is 8.41. The second-order valence-corrected chi connectivity index (χ2v) is 5.64. The number of carbonyl (C=O) groups is 2. The Morgan fingerprint density at radius 3 is 2.70 bits per heavy atom. The monoisotopic (exact) mass is 320 g/mol. The Hall–Kier alpha value is -2.24. The number of amides is 2. The molecule has 0 saturated heterocycles. The van der Waals surface area contributed by atoms with Gasteiger partial charge in [0.05, 0.1) is 6.61 Å². The molecular weight excluding hydrogens is 296 g/mol. The Morgan fingerprint density at radius 2 is 2.00 bits per heavy atom. The van der Waals surface area contributed by atoms with Crippen molar-refractivity contribution in [2.75, 3.05) is 19.0 Å². The van der Waals surface area contributed by atoms with Crippen LogP contribution in [0, 0.1) is 0 Å². The first-order valence-electron chi connectivity index (χ1n) is 8.08. The van der Waals surface area contributed by atoms with Gasteiger partial charge in [-0.3, -0.25) is 5.32 Å². The van der Waals surface area contributed by atoms with Gasteiger partial charge in [0.1, 0.15) is 5.75 Å². The summed E-state index contributed by atoms with van der Waals surface area (Å²) in [6.07, 6.45) is 4.69. The van der Waals surface area contributed by atoms with Crippen LogP contribution in [0.25, 0.3) is 0 Å². The lowest BCUT2D eigenvalue weighted by Gasteiger charge is -2.30. The van der Waals surface area contributed by atoms with Crippen LogP contribution in [0.1, 0.15) is 39.0 Å². The minimum atomic E-state index is -0.532. The lowest BCUT2D eigenvalue weighted by Crippen LogP contribution is -2.39. The molecule has 126 valence electrons. The van der Waals surface area contributed by atoms with Crippen LogP contribution < -0.4 is 10.1 Å². The standard InChI is InChI=1S/C17H24N2O4/c1-3-22-16(20)18-13-8-7-11-15(12-13)23-17(21)19(2)14-9-5-4-6-10-14/h7-8,11-12,14H,3-6,9-10H2,1-2H3,(H,18,20). The quantitative estimate of drug-likeness (QED) is 0.910. The van der Waals surface area contributed by atoms with E-state index in [0.717, 1.165) is 25.7 Å². The maximum atomic E-state index is 12.2. The third-order valence-corrected chi connectivity index (χ3v) is 3.97. The molecule has 0 heterocycles. The molecule has 0 radical (unpaired) electrons. The van der Waals surface area contributed by atoms with Gasteiger partial charge in [-0.1, -0.05) is 25.3 Å². The average molecular weight is 320 g/mol. The van der Waals surface area contributed by atoms with Gasteiger partial charge in [0.2, 0.25) is 0 Å². The molecule has 6 heteroatoms. The van der Waals surface area contributed by atoms with E-state index in [1.807, 2.05) is 0 Å². The molecular formula is C17H24N2O4. The van der Waals surface area contributed by atoms with Crippen LogP contribution in [0.5, 0.6) is 5.75 Å². The fourth-order valence-corrected chi connectivity index (χ4v) is 2.71. The molecule has 1 saturated carbocycles. The molecule has 0 aliphatic heterocycles. The van der Waals surface area contributed by atoms with Crippen LogP contribution in [-0.4, -0.2) is 36.8 Å². The van der Waals surface area contributed by atoms with Crippen LogP contribution in [0.3, 0.4) is 0 Å². The fraction of sp³-hybridized carbons (Fsp3) is 0.529. The van der Waals surface area contributed by atoms with E-state index in [2.05, 4.69) is 5.32 Å². The van der Waals surface area contributed by atoms with Crippen molar-refractivity contribution in [1.29, 1.82) is 0 Å². The summed E-state index contributed by atoms with van der Waals surface area (Å²) in [7, 11) is 1.78. The molecule has 1 aliphatic carbocycles. The highest BCUT2D eigenvalue weighted by Gasteiger charge is 2.23. The van der Waals surface area contributed by atoms with Gasteiger partial charge < -0.3 is 14.4 Å². The largest absolute Gasteiger partial charge is 0.450 e. The van der Waals surface area contributed by atoms with Crippen molar-refractivity contribution in [3.05, 3.63) is 24.3 Å². The predicted octanol–water partition coefficient (Wildman–Crippen LogP) is 4.02. The number of nitrogens with zero attached hydrogens (tertiary/aromatic N) is 1. The smallest absolute Gasteiger partial charge is 0.415 e. The van der Waals surface area contributed by atoms with Gasteiger partial charge in [-0.15, -0.1) is 0 Å². The summed E-state index contributed by atoms with van der Waals surface area (Å²) in [5.74, 6) is 0.395. The molecule has 0 atom stereocenters. The van der Waals surface area contributed by atoms with Crippen LogP contribution in [0.15, 0.2) is 24.3 Å². The normalized spacial score (nSPS) is 14.9. The SMILES string of the molecule is CCOC(=O)Nc1cccc(OC(=O)N(C)C2CCCCC2)c1. The van der Waals surface area contributed by atoms with Crippen LogP contribution in [0.2, 0.25) is 0 Å². The van der Waals surface area contributed by atoms with Crippen molar-refractivity contribution < 1.29 is 19.1 Å². The lowest BCUT2D eigenvalue weighted by atomic mass is 9.95. The first kappa shape index (κ1) is 17.1. The topological polar surface area (TPSA) is 67.9 Å². The molecule has 1 aromatic carbocycles. The molecule has 23 heavy (non-hydrogen) atoms. The predicted molar refractivity (Wildman–Crippen MR) is 87.7 cm³/mol. The Balaban J connectivity index is 1.93. The van der Waals surface area contributed by atoms with Gasteiger partial charge in [-0.05, 0) is 31.9 Å². The van der Waals surface area contributed by atoms with E-state index in [-0.39, 0.29) is 12.1 Å². The van der Waals surface area contributed by atoms with Crippen molar-refractivity contribution in [3.8, 4) is 5.75 Å². The van der Waals surface area contributed by atoms with Crippen molar-refractivity contribution >= 4 is 17.9 Å². The van der Waals surface area contributed by atoms with E-state index in [0.29, 0.717) is 18.0 Å². The number of anilines is 1. The zero-order valence-corrected chi connectivity index (χ0v) is 13.7. The molecule has 1 aliphatic rings. The number of rotatable bonds is 4. The van der Waals surface area contributed by atoms with Crippen molar-refractivity contribution in [1.82, 2.24) is 4.90 Å². The summed E-state index contributed by atoms with van der Waals surface area (Å²) >= 11 is 0. The first-order valence-corrected chi connectivity index (χ1v) is 8.08. The van der Waals surface area contributed by atoms with Crippen LogP contribution >= 0.6 is 0 Å².